The molecular weight excluding hydrogens is 230 g/mol. The van der Waals surface area contributed by atoms with E-state index < -0.39 is 0 Å². The molecule has 100 valence electrons. The fraction of sp³-hybridized carbons (Fsp3) is 0.538. The van der Waals surface area contributed by atoms with E-state index in [2.05, 4.69) is 19.6 Å². The van der Waals surface area contributed by atoms with Gasteiger partial charge in [-0.25, -0.2) is 9.78 Å². The van der Waals surface area contributed by atoms with Gasteiger partial charge in [0.25, 0.3) is 0 Å². The lowest BCUT2D eigenvalue weighted by Gasteiger charge is -2.04. The lowest BCUT2D eigenvalue weighted by atomic mass is 10.2. The first-order valence-corrected chi connectivity index (χ1v) is 6.15. The molecule has 0 bridgehead atoms. The van der Waals surface area contributed by atoms with Gasteiger partial charge in [-0.2, -0.15) is 0 Å². The molecule has 1 N–H and O–H groups in total. The van der Waals surface area contributed by atoms with Crippen LogP contribution in [-0.2, 0) is 16.1 Å². The maximum absolute atomic E-state index is 11.1. The third-order valence-corrected chi connectivity index (χ3v) is 2.64. The molecule has 0 radical (unpaired) electrons. The minimum atomic E-state index is -0.267. The zero-order chi connectivity index (χ0) is 13.2. The fourth-order valence-corrected chi connectivity index (χ4v) is 1.54. The van der Waals surface area contributed by atoms with E-state index in [1.807, 2.05) is 18.6 Å². The van der Waals surface area contributed by atoms with Gasteiger partial charge < -0.3 is 14.6 Å². The highest BCUT2D eigenvalue weighted by molar-refractivity contribution is 5.87. The van der Waals surface area contributed by atoms with Crippen LogP contribution in [0.3, 0.4) is 0 Å². The summed E-state index contributed by atoms with van der Waals surface area (Å²) in [5.41, 5.74) is 0.642. The molecule has 1 heterocycles. The molecule has 1 rings (SSSR count). The SMILES string of the molecule is COC(=O)/C(C)=C/CNCCCCn1ccnc1. The van der Waals surface area contributed by atoms with E-state index in [1.54, 1.807) is 13.1 Å². The van der Waals surface area contributed by atoms with E-state index in [1.165, 1.54) is 7.11 Å². The summed E-state index contributed by atoms with van der Waals surface area (Å²) in [6.07, 6.45) is 9.65. The molecule has 1 aromatic heterocycles. The topological polar surface area (TPSA) is 56.1 Å². The monoisotopic (exact) mass is 251 g/mol. The summed E-state index contributed by atoms with van der Waals surface area (Å²) in [5.74, 6) is -0.267. The Hall–Kier alpha value is -1.62. The van der Waals surface area contributed by atoms with Gasteiger partial charge in [0.05, 0.1) is 13.4 Å². The largest absolute Gasteiger partial charge is 0.466 e. The highest BCUT2D eigenvalue weighted by Crippen LogP contribution is 1.95. The van der Waals surface area contributed by atoms with Gasteiger partial charge in [-0.3, -0.25) is 0 Å². The Morgan fingerprint density at radius 1 is 1.50 bits per heavy atom. The molecule has 0 spiro atoms. The van der Waals surface area contributed by atoms with Crippen molar-refractivity contribution in [3.8, 4) is 0 Å². The van der Waals surface area contributed by atoms with Gasteiger partial charge in [0, 0.05) is 31.1 Å². The lowest BCUT2D eigenvalue weighted by Crippen LogP contribution is -2.16. The maximum Gasteiger partial charge on any atom is 0.333 e. The molecule has 1 aromatic rings. The summed E-state index contributed by atoms with van der Waals surface area (Å²) in [6, 6.07) is 0. The summed E-state index contributed by atoms with van der Waals surface area (Å²) in [5, 5.41) is 3.27. The number of methoxy groups -OCH3 is 1. The summed E-state index contributed by atoms with van der Waals surface area (Å²) in [4.78, 5) is 15.1. The van der Waals surface area contributed by atoms with Gasteiger partial charge in [-0.15, -0.1) is 0 Å². The summed E-state index contributed by atoms with van der Waals surface area (Å²) < 4.78 is 6.68. The second kappa shape index (κ2) is 8.47. The van der Waals surface area contributed by atoms with Crippen molar-refractivity contribution in [2.75, 3.05) is 20.2 Å². The molecule has 0 aliphatic carbocycles. The van der Waals surface area contributed by atoms with Gasteiger partial charge in [-0.05, 0) is 26.3 Å². The summed E-state index contributed by atoms with van der Waals surface area (Å²) >= 11 is 0. The Morgan fingerprint density at radius 2 is 2.33 bits per heavy atom. The van der Waals surface area contributed by atoms with Gasteiger partial charge in [0.15, 0.2) is 0 Å². The van der Waals surface area contributed by atoms with Crippen molar-refractivity contribution in [3.63, 3.8) is 0 Å². The van der Waals surface area contributed by atoms with Crippen LogP contribution in [-0.4, -0.2) is 35.7 Å². The van der Waals surface area contributed by atoms with Crippen LogP contribution in [0.15, 0.2) is 30.4 Å². The predicted molar refractivity (Wildman–Crippen MR) is 70.1 cm³/mol. The van der Waals surface area contributed by atoms with Crippen molar-refractivity contribution in [3.05, 3.63) is 30.4 Å². The number of ether oxygens (including phenoxy) is 1. The van der Waals surface area contributed by atoms with E-state index in [9.17, 15) is 4.79 Å². The first-order valence-electron chi connectivity index (χ1n) is 6.15. The third kappa shape index (κ3) is 5.63. The lowest BCUT2D eigenvalue weighted by molar-refractivity contribution is -0.136. The number of esters is 1. The molecule has 0 aliphatic heterocycles. The zero-order valence-corrected chi connectivity index (χ0v) is 11.1. The second-order valence-corrected chi connectivity index (χ2v) is 4.09. The minimum Gasteiger partial charge on any atom is -0.466 e. The van der Waals surface area contributed by atoms with Crippen LogP contribution < -0.4 is 5.32 Å². The van der Waals surface area contributed by atoms with Crippen molar-refractivity contribution in [1.29, 1.82) is 0 Å². The van der Waals surface area contributed by atoms with Crippen LogP contribution in [0, 0.1) is 0 Å². The number of aromatic nitrogens is 2. The van der Waals surface area contributed by atoms with Crippen LogP contribution in [0.25, 0.3) is 0 Å². The van der Waals surface area contributed by atoms with Crippen molar-refractivity contribution >= 4 is 5.97 Å². The van der Waals surface area contributed by atoms with Crippen molar-refractivity contribution in [2.45, 2.75) is 26.3 Å². The molecule has 0 unspecified atom stereocenters. The van der Waals surface area contributed by atoms with Crippen molar-refractivity contribution < 1.29 is 9.53 Å². The quantitative estimate of drug-likeness (QED) is 0.431. The second-order valence-electron chi connectivity index (χ2n) is 4.09. The number of unbranched alkanes of at least 4 members (excludes halogenated alkanes) is 1. The molecule has 0 saturated heterocycles. The average Bonchev–Trinajstić information content (AvgIpc) is 2.89. The molecule has 0 atom stereocenters. The normalized spacial score (nSPS) is 11.6. The number of hydrogen-bond acceptors (Lipinski definition) is 4. The van der Waals surface area contributed by atoms with Gasteiger partial charge in [0.2, 0.25) is 0 Å². The summed E-state index contributed by atoms with van der Waals surface area (Å²) in [6.45, 7) is 4.40. The van der Waals surface area contributed by atoms with Crippen LogP contribution >= 0.6 is 0 Å². The molecule has 0 saturated carbocycles. The van der Waals surface area contributed by atoms with E-state index in [0.29, 0.717) is 12.1 Å². The molecule has 0 fully saturated rings. The minimum absolute atomic E-state index is 0.267. The Bertz CT molecular complexity index is 372. The number of carbonyl (C=O) groups is 1. The fourth-order valence-electron chi connectivity index (χ4n) is 1.54. The number of rotatable bonds is 8. The zero-order valence-electron chi connectivity index (χ0n) is 11.1. The smallest absolute Gasteiger partial charge is 0.333 e. The van der Waals surface area contributed by atoms with Crippen molar-refractivity contribution in [2.24, 2.45) is 0 Å². The molecule has 5 nitrogen and oxygen atoms in total. The van der Waals surface area contributed by atoms with Gasteiger partial charge >= 0.3 is 5.97 Å². The van der Waals surface area contributed by atoms with Crippen LogP contribution in [0.1, 0.15) is 19.8 Å². The Morgan fingerprint density at radius 3 is 3.00 bits per heavy atom. The van der Waals surface area contributed by atoms with Crippen LogP contribution in [0.4, 0.5) is 0 Å². The van der Waals surface area contributed by atoms with E-state index in [4.69, 9.17) is 0 Å². The Labute approximate surface area is 108 Å². The Balaban J connectivity index is 2.00. The third-order valence-electron chi connectivity index (χ3n) is 2.64. The molecular formula is C13H21N3O2. The highest BCUT2D eigenvalue weighted by atomic mass is 16.5. The first kappa shape index (κ1) is 14.4. The predicted octanol–water partition coefficient (Wildman–Crippen LogP) is 1.37. The Kier molecular flexibility index (Phi) is 6.79. The van der Waals surface area contributed by atoms with E-state index >= 15 is 0 Å². The standard InChI is InChI=1S/C13H21N3O2/c1-12(13(17)18-2)5-7-14-6-3-4-9-16-10-8-15-11-16/h5,8,10-11,14H,3-4,6-7,9H2,1-2H3/b12-5+. The van der Waals surface area contributed by atoms with Crippen LogP contribution in [0.2, 0.25) is 0 Å². The van der Waals surface area contributed by atoms with Crippen LogP contribution in [0.5, 0.6) is 0 Å². The molecule has 0 amide bonds. The summed E-state index contributed by atoms with van der Waals surface area (Å²) in [7, 11) is 1.39. The molecule has 0 aliphatic rings. The van der Waals surface area contributed by atoms with Crippen molar-refractivity contribution in [1.82, 2.24) is 14.9 Å². The highest BCUT2D eigenvalue weighted by Gasteiger charge is 2.00. The number of hydrogen-bond donors (Lipinski definition) is 1. The number of aryl methyl sites for hydroxylation is 1. The maximum atomic E-state index is 11.1. The number of nitrogens with zero attached hydrogens (tertiary/aromatic N) is 2. The molecule has 18 heavy (non-hydrogen) atoms. The average molecular weight is 251 g/mol. The van der Waals surface area contributed by atoms with E-state index in [0.717, 1.165) is 25.9 Å². The number of nitrogens with one attached hydrogen (secondary N) is 1. The molecule has 5 heteroatoms. The first-order chi connectivity index (χ1) is 8.74. The molecule has 0 aromatic carbocycles. The van der Waals surface area contributed by atoms with Gasteiger partial charge in [0.1, 0.15) is 0 Å². The number of carbonyl (C=O) groups excluding carboxylic acids is 1. The van der Waals surface area contributed by atoms with E-state index in [-0.39, 0.29) is 5.97 Å². The van der Waals surface area contributed by atoms with Gasteiger partial charge in [-0.1, -0.05) is 6.08 Å². The number of imidazole rings is 1.